The first-order chi connectivity index (χ1) is 7.15. The van der Waals surface area contributed by atoms with E-state index in [1.165, 1.54) is 0 Å². The summed E-state index contributed by atoms with van der Waals surface area (Å²) in [5, 5.41) is 0. The van der Waals surface area contributed by atoms with Crippen LogP contribution in [0.1, 0.15) is 58.0 Å². The molecule has 0 aliphatic heterocycles. The van der Waals surface area contributed by atoms with Gasteiger partial charge in [0.05, 0.1) is 5.69 Å². The number of nitrogens with zero attached hydrogens (tertiary/aromatic N) is 2. The molecule has 1 atom stereocenters. The smallest absolute Gasteiger partial charge is 0.127 e. The van der Waals surface area contributed by atoms with Gasteiger partial charge in [-0.25, -0.2) is 4.98 Å². The van der Waals surface area contributed by atoms with Crippen LogP contribution in [0.25, 0.3) is 0 Å². The van der Waals surface area contributed by atoms with E-state index in [0.29, 0.717) is 5.92 Å². The van der Waals surface area contributed by atoms with Gasteiger partial charge in [0.25, 0.3) is 0 Å². The Labute approximate surface area is 92.7 Å². The third-order valence-electron chi connectivity index (χ3n) is 2.96. The number of rotatable bonds is 5. The topological polar surface area (TPSA) is 43.8 Å². The zero-order chi connectivity index (χ0) is 11.4. The van der Waals surface area contributed by atoms with Gasteiger partial charge < -0.3 is 10.3 Å². The molecule has 0 fully saturated rings. The number of nitrogens with two attached hydrogens (primary N) is 1. The number of hydrogen-bond donors (Lipinski definition) is 1. The average molecular weight is 209 g/mol. The van der Waals surface area contributed by atoms with Crippen molar-refractivity contribution in [1.29, 1.82) is 0 Å². The zero-order valence-electron chi connectivity index (χ0n) is 10.4. The quantitative estimate of drug-likeness (QED) is 0.810. The van der Waals surface area contributed by atoms with Gasteiger partial charge in [-0.2, -0.15) is 0 Å². The summed E-state index contributed by atoms with van der Waals surface area (Å²) in [5.74, 6) is 2.47. The Kier molecular flexibility index (Phi) is 4.18. The Hall–Kier alpha value is -0.990. The average Bonchev–Trinajstić information content (AvgIpc) is 2.56. The molecule has 1 heterocycles. The first-order valence-corrected chi connectivity index (χ1v) is 6.00. The van der Waals surface area contributed by atoms with Gasteiger partial charge in [0.15, 0.2) is 0 Å². The van der Waals surface area contributed by atoms with Gasteiger partial charge in [0.1, 0.15) is 11.6 Å². The minimum Gasteiger partial charge on any atom is -0.384 e. The second-order valence-corrected chi connectivity index (χ2v) is 4.11. The molecular weight excluding hydrogens is 186 g/mol. The van der Waals surface area contributed by atoms with E-state index in [2.05, 4.69) is 37.2 Å². The number of hydrogen-bond acceptors (Lipinski definition) is 2. The van der Waals surface area contributed by atoms with E-state index in [4.69, 9.17) is 5.73 Å². The van der Waals surface area contributed by atoms with Crippen LogP contribution in [0.2, 0.25) is 0 Å². The summed E-state index contributed by atoms with van der Waals surface area (Å²) >= 11 is 0. The molecule has 86 valence electrons. The Morgan fingerprint density at radius 1 is 1.33 bits per heavy atom. The number of imidazole rings is 1. The number of anilines is 1. The Bertz CT molecular complexity index is 315. The lowest BCUT2D eigenvalue weighted by molar-refractivity contribution is 0.650. The third-order valence-corrected chi connectivity index (χ3v) is 2.96. The molecule has 0 aliphatic rings. The largest absolute Gasteiger partial charge is 0.384 e. The van der Waals surface area contributed by atoms with Crippen LogP contribution < -0.4 is 5.73 Å². The molecule has 3 heteroatoms. The number of aryl methyl sites for hydroxylation is 1. The monoisotopic (exact) mass is 209 g/mol. The van der Waals surface area contributed by atoms with E-state index in [1.807, 2.05) is 0 Å². The van der Waals surface area contributed by atoms with Gasteiger partial charge in [-0.05, 0) is 12.8 Å². The van der Waals surface area contributed by atoms with Crippen molar-refractivity contribution in [2.75, 3.05) is 5.73 Å². The minimum absolute atomic E-state index is 0.466. The van der Waals surface area contributed by atoms with Crippen molar-refractivity contribution in [2.24, 2.45) is 0 Å². The molecule has 3 nitrogen and oxygen atoms in total. The summed E-state index contributed by atoms with van der Waals surface area (Å²) in [6.07, 6.45) is 3.16. The molecule has 1 aromatic rings. The van der Waals surface area contributed by atoms with Gasteiger partial charge in [0, 0.05) is 18.9 Å². The Morgan fingerprint density at radius 3 is 2.47 bits per heavy atom. The Morgan fingerprint density at radius 2 is 2.00 bits per heavy atom. The molecule has 15 heavy (non-hydrogen) atoms. The lowest BCUT2D eigenvalue weighted by atomic mass is 10.1. The maximum Gasteiger partial charge on any atom is 0.127 e. The van der Waals surface area contributed by atoms with Crippen LogP contribution in [0.4, 0.5) is 5.82 Å². The molecule has 1 rings (SSSR count). The molecule has 1 aromatic heterocycles. The molecule has 0 saturated carbocycles. The van der Waals surface area contributed by atoms with E-state index in [-0.39, 0.29) is 0 Å². The highest BCUT2D eigenvalue weighted by atomic mass is 15.1. The van der Waals surface area contributed by atoms with Crippen LogP contribution in [0.5, 0.6) is 0 Å². The second-order valence-electron chi connectivity index (χ2n) is 4.11. The summed E-state index contributed by atoms with van der Waals surface area (Å²) in [6.45, 7) is 9.65. The molecule has 0 aromatic carbocycles. The fourth-order valence-corrected chi connectivity index (χ4v) is 1.83. The lowest BCUT2D eigenvalue weighted by Gasteiger charge is -2.08. The van der Waals surface area contributed by atoms with Gasteiger partial charge in [-0.1, -0.05) is 27.7 Å². The van der Waals surface area contributed by atoms with E-state index in [0.717, 1.165) is 43.1 Å². The van der Waals surface area contributed by atoms with Gasteiger partial charge in [-0.3, -0.25) is 0 Å². The zero-order valence-corrected chi connectivity index (χ0v) is 10.4. The summed E-state index contributed by atoms with van der Waals surface area (Å²) in [4.78, 5) is 4.66. The first kappa shape index (κ1) is 12.1. The van der Waals surface area contributed by atoms with E-state index in [1.54, 1.807) is 0 Å². The number of nitrogen functional groups attached to an aromatic ring is 1. The fraction of sp³-hybridized carbons (Fsp3) is 0.750. The van der Waals surface area contributed by atoms with Crippen molar-refractivity contribution in [1.82, 2.24) is 9.55 Å². The summed E-state index contributed by atoms with van der Waals surface area (Å²) in [6, 6.07) is 0. The maximum atomic E-state index is 6.14. The van der Waals surface area contributed by atoms with Gasteiger partial charge in [-0.15, -0.1) is 0 Å². The van der Waals surface area contributed by atoms with E-state index >= 15 is 0 Å². The minimum atomic E-state index is 0.466. The van der Waals surface area contributed by atoms with Gasteiger partial charge >= 0.3 is 0 Å². The normalized spacial score (nSPS) is 13.1. The highest BCUT2D eigenvalue weighted by Crippen LogP contribution is 2.25. The summed E-state index contributed by atoms with van der Waals surface area (Å²) in [5.41, 5.74) is 7.23. The SMILES string of the molecule is CCCn1c(CC)nc(C(C)CC)c1N. The van der Waals surface area contributed by atoms with Crippen LogP contribution in [-0.2, 0) is 13.0 Å². The first-order valence-electron chi connectivity index (χ1n) is 6.00. The highest BCUT2D eigenvalue weighted by molar-refractivity contribution is 5.40. The predicted molar refractivity (Wildman–Crippen MR) is 65.0 cm³/mol. The molecule has 0 radical (unpaired) electrons. The van der Waals surface area contributed by atoms with Gasteiger partial charge in [0.2, 0.25) is 0 Å². The van der Waals surface area contributed by atoms with E-state index in [9.17, 15) is 0 Å². The third kappa shape index (κ3) is 2.33. The molecule has 0 saturated heterocycles. The van der Waals surface area contributed by atoms with Crippen molar-refractivity contribution in [3.8, 4) is 0 Å². The second kappa shape index (κ2) is 5.19. The molecule has 0 aliphatic carbocycles. The molecule has 1 unspecified atom stereocenters. The van der Waals surface area contributed by atoms with Crippen LogP contribution >= 0.6 is 0 Å². The standard InChI is InChI=1S/C12H23N3/c1-5-8-15-10(7-3)14-11(12(15)13)9(4)6-2/h9H,5-8,13H2,1-4H3. The van der Waals surface area contributed by atoms with E-state index < -0.39 is 0 Å². The fourth-order valence-electron chi connectivity index (χ4n) is 1.83. The molecule has 2 N–H and O–H groups in total. The highest BCUT2D eigenvalue weighted by Gasteiger charge is 2.16. The van der Waals surface area contributed by atoms with Crippen LogP contribution in [0.3, 0.4) is 0 Å². The van der Waals surface area contributed by atoms with Crippen molar-refractivity contribution >= 4 is 5.82 Å². The molecule has 0 bridgehead atoms. The van der Waals surface area contributed by atoms with Crippen molar-refractivity contribution in [3.63, 3.8) is 0 Å². The molecule has 0 spiro atoms. The van der Waals surface area contributed by atoms with Crippen LogP contribution in [0.15, 0.2) is 0 Å². The maximum absolute atomic E-state index is 6.14. The van der Waals surface area contributed by atoms with Crippen molar-refractivity contribution in [2.45, 2.75) is 59.4 Å². The van der Waals surface area contributed by atoms with Crippen molar-refractivity contribution in [3.05, 3.63) is 11.5 Å². The molecular formula is C12H23N3. The van der Waals surface area contributed by atoms with Crippen LogP contribution in [0, 0.1) is 0 Å². The summed E-state index contributed by atoms with van der Waals surface area (Å²) < 4.78 is 2.17. The van der Waals surface area contributed by atoms with Crippen molar-refractivity contribution < 1.29 is 0 Å². The lowest BCUT2D eigenvalue weighted by Crippen LogP contribution is -2.07. The Balaban J connectivity index is 3.09. The number of aromatic nitrogens is 2. The summed E-state index contributed by atoms with van der Waals surface area (Å²) in [7, 11) is 0. The predicted octanol–water partition coefficient (Wildman–Crippen LogP) is 2.95. The molecule has 0 amide bonds. The van der Waals surface area contributed by atoms with Crippen LogP contribution in [-0.4, -0.2) is 9.55 Å².